The molecule has 3 heterocycles. The number of aromatic nitrogens is 1. The highest BCUT2D eigenvalue weighted by atomic mass is 15.2. The van der Waals surface area contributed by atoms with Gasteiger partial charge in [0.15, 0.2) is 5.82 Å². The van der Waals surface area contributed by atoms with E-state index in [9.17, 15) is 0 Å². The molecule has 1 aromatic heterocycles. The van der Waals surface area contributed by atoms with Crippen molar-refractivity contribution in [1.82, 2.24) is 10.3 Å². The molecule has 3 N–H and O–H groups in total. The van der Waals surface area contributed by atoms with Crippen LogP contribution < -0.4 is 16.0 Å². The van der Waals surface area contributed by atoms with Gasteiger partial charge in [0, 0.05) is 12.7 Å². The maximum atomic E-state index is 5.07. The van der Waals surface area contributed by atoms with Crippen LogP contribution in [0.15, 0.2) is 23.3 Å². The zero-order chi connectivity index (χ0) is 14.1. The lowest BCUT2D eigenvalue weighted by molar-refractivity contribution is 0.420. The van der Waals surface area contributed by atoms with Crippen molar-refractivity contribution in [3.8, 4) is 0 Å². The molecule has 1 atom stereocenters. The van der Waals surface area contributed by atoms with E-state index in [1.165, 1.54) is 32.1 Å². The average Bonchev–Trinajstić information content (AvgIpc) is 3.02. The molecule has 1 saturated heterocycles. The number of amidine groups is 1. The number of fused-ring (bicyclic) bond motifs is 1. The molecule has 0 unspecified atom stereocenters. The van der Waals surface area contributed by atoms with Crippen LogP contribution in [0, 0.1) is 0 Å². The minimum Gasteiger partial charge on any atom is -0.369 e. The number of hydrogen-bond donors (Lipinski definition) is 3. The van der Waals surface area contributed by atoms with Gasteiger partial charge < -0.3 is 16.0 Å². The lowest BCUT2D eigenvalue weighted by Gasteiger charge is -2.43. The van der Waals surface area contributed by atoms with E-state index in [-0.39, 0.29) is 5.54 Å². The summed E-state index contributed by atoms with van der Waals surface area (Å²) in [6, 6.07) is 4.56. The van der Waals surface area contributed by atoms with E-state index in [1.807, 2.05) is 12.3 Å². The molecule has 2 fully saturated rings. The van der Waals surface area contributed by atoms with Gasteiger partial charge in [0.1, 0.15) is 11.4 Å². The number of nitrogens with one attached hydrogen (secondary N) is 3. The molecule has 1 aliphatic carbocycles. The molecular weight excluding hydrogens is 262 g/mol. The van der Waals surface area contributed by atoms with Crippen LogP contribution in [0.5, 0.6) is 0 Å². The van der Waals surface area contributed by atoms with Crippen molar-refractivity contribution in [2.24, 2.45) is 4.99 Å². The summed E-state index contributed by atoms with van der Waals surface area (Å²) in [4.78, 5) is 9.52. The van der Waals surface area contributed by atoms with Crippen LogP contribution in [-0.2, 0) is 0 Å². The van der Waals surface area contributed by atoms with E-state index >= 15 is 0 Å². The molecule has 5 heteroatoms. The van der Waals surface area contributed by atoms with Gasteiger partial charge in [-0.05, 0) is 44.4 Å². The van der Waals surface area contributed by atoms with Crippen LogP contribution in [0.3, 0.4) is 0 Å². The van der Waals surface area contributed by atoms with Gasteiger partial charge >= 0.3 is 0 Å². The first-order valence-corrected chi connectivity index (χ1v) is 8.15. The quantitative estimate of drug-likeness (QED) is 0.741. The average molecular weight is 285 g/mol. The van der Waals surface area contributed by atoms with Crippen molar-refractivity contribution < 1.29 is 0 Å². The molecule has 3 aliphatic rings. The first-order chi connectivity index (χ1) is 10.4. The highest BCUT2D eigenvalue weighted by Crippen LogP contribution is 2.34. The Morgan fingerprint density at radius 3 is 2.95 bits per heavy atom. The number of nitrogens with zero attached hydrogens (tertiary/aromatic N) is 2. The Morgan fingerprint density at radius 1 is 1.24 bits per heavy atom. The summed E-state index contributed by atoms with van der Waals surface area (Å²) < 4.78 is 0. The van der Waals surface area contributed by atoms with E-state index in [4.69, 9.17) is 4.99 Å². The van der Waals surface area contributed by atoms with Crippen molar-refractivity contribution in [3.63, 3.8) is 0 Å². The fraction of sp³-hybridized carbons (Fsp3) is 0.625. The molecule has 0 bridgehead atoms. The molecule has 5 nitrogen and oxygen atoms in total. The van der Waals surface area contributed by atoms with Crippen molar-refractivity contribution in [1.29, 1.82) is 0 Å². The fourth-order valence-corrected chi connectivity index (χ4v) is 3.74. The number of aliphatic imine (C=N–C) groups is 1. The molecular formula is C16H23N5. The van der Waals surface area contributed by atoms with Crippen molar-refractivity contribution in [2.75, 3.05) is 23.7 Å². The molecule has 1 aromatic rings. The highest BCUT2D eigenvalue weighted by Gasteiger charge is 2.41. The van der Waals surface area contributed by atoms with Crippen LogP contribution >= 0.6 is 0 Å². The second-order valence-corrected chi connectivity index (χ2v) is 6.43. The number of pyridine rings is 1. The molecule has 1 saturated carbocycles. The maximum absolute atomic E-state index is 5.07. The summed E-state index contributed by atoms with van der Waals surface area (Å²) in [6.45, 7) is 2.03. The highest BCUT2D eigenvalue weighted by molar-refractivity contribution is 6.09. The van der Waals surface area contributed by atoms with Crippen LogP contribution in [0.25, 0.3) is 0 Å². The van der Waals surface area contributed by atoms with Gasteiger partial charge in [-0.15, -0.1) is 0 Å². The molecule has 0 radical (unpaired) electrons. The first kappa shape index (κ1) is 13.1. The summed E-state index contributed by atoms with van der Waals surface area (Å²) in [5.41, 5.74) is 1.00. The second kappa shape index (κ2) is 5.30. The Balaban J connectivity index is 1.71. The fourth-order valence-electron chi connectivity index (χ4n) is 3.74. The van der Waals surface area contributed by atoms with E-state index in [2.05, 4.69) is 27.0 Å². The maximum Gasteiger partial charge on any atom is 0.154 e. The molecule has 4 rings (SSSR count). The van der Waals surface area contributed by atoms with E-state index < -0.39 is 0 Å². The summed E-state index contributed by atoms with van der Waals surface area (Å²) in [7, 11) is 0. The van der Waals surface area contributed by atoms with Gasteiger partial charge in [0.25, 0.3) is 0 Å². The van der Waals surface area contributed by atoms with Gasteiger partial charge in [-0.3, -0.25) is 4.99 Å². The Labute approximate surface area is 125 Å². The number of piperidine rings is 1. The smallest absolute Gasteiger partial charge is 0.154 e. The monoisotopic (exact) mass is 285 g/mol. The number of hydrogen-bond acceptors (Lipinski definition) is 4. The first-order valence-electron chi connectivity index (χ1n) is 8.15. The Bertz CT molecular complexity index is 541. The minimum absolute atomic E-state index is 0.0864. The van der Waals surface area contributed by atoms with Crippen molar-refractivity contribution in [3.05, 3.63) is 18.3 Å². The molecule has 0 amide bonds. The summed E-state index contributed by atoms with van der Waals surface area (Å²) in [6.07, 6.45) is 9.20. The normalized spacial score (nSPS) is 31.0. The van der Waals surface area contributed by atoms with Gasteiger partial charge in [0.05, 0.1) is 11.7 Å². The standard InChI is InChI=1S/C16H23N5/c1-2-6-12(5-1)19-15-16(8-4-9-17-11-16)21-13-7-3-10-18-14(13)20-15/h3,7,10,12,17,21H,1-2,4-6,8-9,11H2,(H,18,19,20)/t16-/m0/s1. The minimum atomic E-state index is -0.0864. The topological polar surface area (TPSA) is 61.3 Å². The van der Waals surface area contributed by atoms with Gasteiger partial charge in [-0.25, -0.2) is 4.98 Å². The lowest BCUT2D eigenvalue weighted by atomic mass is 9.86. The van der Waals surface area contributed by atoms with E-state index in [0.717, 1.165) is 36.9 Å². The van der Waals surface area contributed by atoms with Crippen LogP contribution in [0.2, 0.25) is 0 Å². The molecule has 1 spiro atoms. The summed E-state index contributed by atoms with van der Waals surface area (Å²) in [5, 5.41) is 10.8. The molecule has 112 valence electrons. The third kappa shape index (κ3) is 2.39. The molecule has 21 heavy (non-hydrogen) atoms. The lowest BCUT2D eigenvalue weighted by Crippen LogP contribution is -2.61. The third-order valence-corrected chi connectivity index (χ3v) is 4.89. The third-order valence-electron chi connectivity index (χ3n) is 4.89. The van der Waals surface area contributed by atoms with Crippen LogP contribution in [0.4, 0.5) is 11.5 Å². The number of anilines is 2. The Morgan fingerprint density at radius 2 is 2.14 bits per heavy atom. The van der Waals surface area contributed by atoms with E-state index in [0.29, 0.717) is 6.04 Å². The van der Waals surface area contributed by atoms with Crippen LogP contribution in [-0.4, -0.2) is 35.5 Å². The Kier molecular flexibility index (Phi) is 3.30. The summed E-state index contributed by atoms with van der Waals surface area (Å²) >= 11 is 0. The predicted molar refractivity (Wildman–Crippen MR) is 86.0 cm³/mol. The largest absolute Gasteiger partial charge is 0.369 e. The zero-order valence-electron chi connectivity index (χ0n) is 12.4. The van der Waals surface area contributed by atoms with E-state index in [1.54, 1.807) is 0 Å². The van der Waals surface area contributed by atoms with Gasteiger partial charge in [-0.1, -0.05) is 12.8 Å². The predicted octanol–water partition coefficient (Wildman–Crippen LogP) is 2.38. The van der Waals surface area contributed by atoms with Crippen molar-refractivity contribution >= 4 is 17.3 Å². The second-order valence-electron chi connectivity index (χ2n) is 6.43. The van der Waals surface area contributed by atoms with Gasteiger partial charge in [-0.2, -0.15) is 0 Å². The Hall–Kier alpha value is -1.62. The molecule has 0 aromatic carbocycles. The number of rotatable bonds is 1. The van der Waals surface area contributed by atoms with Crippen LogP contribution in [0.1, 0.15) is 38.5 Å². The SMILES string of the molecule is c1cnc2c(c1)N[C@]1(CCCNC1)C(=NC1CCCC1)N2. The molecule has 2 aliphatic heterocycles. The summed E-state index contributed by atoms with van der Waals surface area (Å²) in [5.74, 6) is 2.00. The zero-order valence-corrected chi connectivity index (χ0v) is 12.4. The van der Waals surface area contributed by atoms with Gasteiger partial charge in [0.2, 0.25) is 0 Å². The van der Waals surface area contributed by atoms with Crippen molar-refractivity contribution in [2.45, 2.75) is 50.1 Å².